The zero-order chi connectivity index (χ0) is 13.1. The highest BCUT2D eigenvalue weighted by molar-refractivity contribution is 6.00. The first-order valence-corrected chi connectivity index (χ1v) is 5.70. The molecule has 3 heteroatoms. The Labute approximate surface area is 106 Å². The summed E-state index contributed by atoms with van der Waals surface area (Å²) in [7, 11) is 0. The highest BCUT2D eigenvalue weighted by Gasteiger charge is 2.03. The predicted molar refractivity (Wildman–Crippen MR) is 72.8 cm³/mol. The van der Waals surface area contributed by atoms with Gasteiger partial charge in [0.1, 0.15) is 0 Å². The molecule has 0 amide bonds. The van der Waals surface area contributed by atoms with E-state index in [2.05, 4.69) is 4.99 Å². The van der Waals surface area contributed by atoms with Gasteiger partial charge in [0.2, 0.25) is 0 Å². The van der Waals surface area contributed by atoms with Gasteiger partial charge in [0, 0.05) is 5.71 Å². The Morgan fingerprint density at radius 3 is 2.22 bits per heavy atom. The summed E-state index contributed by atoms with van der Waals surface area (Å²) in [6.45, 7) is 3.89. The van der Waals surface area contributed by atoms with Crippen molar-refractivity contribution in [3.05, 3.63) is 53.6 Å². The summed E-state index contributed by atoms with van der Waals surface area (Å²) in [5, 5.41) is 18.7. The first kappa shape index (κ1) is 12.2. The molecule has 2 N–H and O–H groups in total. The molecule has 0 radical (unpaired) electrons. The zero-order valence-corrected chi connectivity index (χ0v) is 10.4. The van der Waals surface area contributed by atoms with Crippen LogP contribution in [0.5, 0.6) is 11.5 Å². The summed E-state index contributed by atoms with van der Waals surface area (Å²) < 4.78 is 0. The van der Waals surface area contributed by atoms with Crippen molar-refractivity contribution in [1.82, 2.24) is 0 Å². The number of aromatic hydroxyl groups is 2. The number of rotatable bonds is 2. The Hall–Kier alpha value is -2.29. The SMILES string of the molecule is CC(=Nc1ccc(C)cc1)c1ccc(O)c(O)c1. The maximum absolute atomic E-state index is 9.45. The van der Waals surface area contributed by atoms with Gasteiger partial charge in [-0.25, -0.2) is 0 Å². The lowest BCUT2D eigenvalue weighted by atomic mass is 10.1. The Kier molecular flexibility index (Phi) is 3.33. The van der Waals surface area contributed by atoms with Gasteiger partial charge in [-0.1, -0.05) is 17.7 Å². The largest absolute Gasteiger partial charge is 0.504 e. The molecule has 3 nitrogen and oxygen atoms in total. The molecule has 0 spiro atoms. The lowest BCUT2D eigenvalue weighted by Crippen LogP contribution is -1.93. The quantitative estimate of drug-likeness (QED) is 0.624. The van der Waals surface area contributed by atoms with Crippen molar-refractivity contribution in [3.8, 4) is 11.5 Å². The second kappa shape index (κ2) is 4.92. The van der Waals surface area contributed by atoms with Gasteiger partial charge >= 0.3 is 0 Å². The smallest absolute Gasteiger partial charge is 0.158 e. The van der Waals surface area contributed by atoms with Crippen LogP contribution in [-0.2, 0) is 0 Å². The molecular weight excluding hydrogens is 226 g/mol. The molecule has 0 aliphatic heterocycles. The fraction of sp³-hybridized carbons (Fsp3) is 0.133. The molecular formula is C15H15NO2. The molecule has 0 saturated heterocycles. The predicted octanol–water partition coefficient (Wildman–Crippen LogP) is 3.55. The maximum atomic E-state index is 9.45. The van der Waals surface area contributed by atoms with Gasteiger partial charge < -0.3 is 10.2 Å². The number of hydrogen-bond acceptors (Lipinski definition) is 3. The third-order valence-electron chi connectivity index (χ3n) is 2.72. The molecule has 2 aromatic carbocycles. The van der Waals surface area contributed by atoms with E-state index in [1.54, 1.807) is 6.07 Å². The molecule has 0 aliphatic carbocycles. The molecule has 0 aromatic heterocycles. The van der Waals surface area contributed by atoms with Crippen LogP contribution in [-0.4, -0.2) is 15.9 Å². The van der Waals surface area contributed by atoms with E-state index in [1.165, 1.54) is 17.7 Å². The van der Waals surface area contributed by atoms with Gasteiger partial charge in [0.25, 0.3) is 0 Å². The van der Waals surface area contributed by atoms with Gasteiger partial charge in [0.05, 0.1) is 5.69 Å². The third kappa shape index (κ3) is 2.69. The van der Waals surface area contributed by atoms with E-state index in [1.807, 2.05) is 38.1 Å². The average Bonchev–Trinajstić information content (AvgIpc) is 2.35. The lowest BCUT2D eigenvalue weighted by molar-refractivity contribution is 0.403. The first-order chi connectivity index (χ1) is 8.56. The second-order valence-corrected chi connectivity index (χ2v) is 4.24. The van der Waals surface area contributed by atoms with Gasteiger partial charge in [-0.15, -0.1) is 0 Å². The molecule has 0 atom stereocenters. The normalized spacial score (nSPS) is 11.6. The summed E-state index contributed by atoms with van der Waals surface area (Å²) in [5.74, 6) is -0.257. The van der Waals surface area contributed by atoms with Gasteiger partial charge in [-0.05, 0) is 49.7 Å². The van der Waals surface area contributed by atoms with Gasteiger partial charge in [-0.3, -0.25) is 4.99 Å². The molecule has 0 saturated carbocycles. The molecule has 2 rings (SSSR count). The van der Waals surface area contributed by atoms with Crippen molar-refractivity contribution >= 4 is 11.4 Å². The van der Waals surface area contributed by atoms with Crippen molar-refractivity contribution < 1.29 is 10.2 Å². The van der Waals surface area contributed by atoms with Crippen LogP contribution < -0.4 is 0 Å². The van der Waals surface area contributed by atoms with E-state index in [0.717, 1.165) is 17.0 Å². The number of aliphatic imine (C=N–C) groups is 1. The molecule has 18 heavy (non-hydrogen) atoms. The van der Waals surface area contributed by atoms with Crippen molar-refractivity contribution in [2.24, 2.45) is 4.99 Å². The van der Waals surface area contributed by atoms with E-state index in [0.29, 0.717) is 0 Å². The second-order valence-electron chi connectivity index (χ2n) is 4.24. The number of hydrogen-bond donors (Lipinski definition) is 2. The molecule has 2 aromatic rings. The minimum Gasteiger partial charge on any atom is -0.504 e. The van der Waals surface area contributed by atoms with Crippen molar-refractivity contribution in [2.75, 3.05) is 0 Å². The standard InChI is InChI=1S/C15H15NO2/c1-10-3-6-13(7-4-10)16-11(2)12-5-8-14(17)15(18)9-12/h3-9,17-18H,1-2H3. The first-order valence-electron chi connectivity index (χ1n) is 5.70. The van der Waals surface area contributed by atoms with Gasteiger partial charge in [0.15, 0.2) is 11.5 Å². The van der Waals surface area contributed by atoms with E-state index >= 15 is 0 Å². The van der Waals surface area contributed by atoms with Crippen LogP contribution in [0.3, 0.4) is 0 Å². The van der Waals surface area contributed by atoms with E-state index in [4.69, 9.17) is 0 Å². The number of phenols is 2. The highest BCUT2D eigenvalue weighted by Crippen LogP contribution is 2.25. The minimum atomic E-state index is -0.133. The Balaban J connectivity index is 2.32. The molecule has 0 bridgehead atoms. The summed E-state index contributed by atoms with van der Waals surface area (Å²) >= 11 is 0. The van der Waals surface area contributed by atoms with Crippen LogP contribution in [0.25, 0.3) is 0 Å². The van der Waals surface area contributed by atoms with Crippen LogP contribution in [0.2, 0.25) is 0 Å². The van der Waals surface area contributed by atoms with Crippen molar-refractivity contribution in [3.63, 3.8) is 0 Å². The van der Waals surface area contributed by atoms with Crippen LogP contribution >= 0.6 is 0 Å². The molecule has 0 aliphatic rings. The zero-order valence-electron chi connectivity index (χ0n) is 10.4. The average molecular weight is 241 g/mol. The number of aryl methyl sites for hydroxylation is 1. The van der Waals surface area contributed by atoms with E-state index in [-0.39, 0.29) is 11.5 Å². The maximum Gasteiger partial charge on any atom is 0.158 e. The summed E-state index contributed by atoms with van der Waals surface area (Å²) in [5.41, 5.74) is 3.62. The fourth-order valence-electron chi connectivity index (χ4n) is 1.63. The molecule has 0 fully saturated rings. The van der Waals surface area contributed by atoms with Crippen molar-refractivity contribution in [2.45, 2.75) is 13.8 Å². The van der Waals surface area contributed by atoms with Crippen LogP contribution in [0.1, 0.15) is 18.1 Å². The van der Waals surface area contributed by atoms with Crippen LogP contribution in [0, 0.1) is 6.92 Å². The number of benzene rings is 2. The topological polar surface area (TPSA) is 52.8 Å². The van der Waals surface area contributed by atoms with Gasteiger partial charge in [-0.2, -0.15) is 0 Å². The summed E-state index contributed by atoms with van der Waals surface area (Å²) in [6.07, 6.45) is 0. The molecule has 0 unspecified atom stereocenters. The van der Waals surface area contributed by atoms with Crippen molar-refractivity contribution in [1.29, 1.82) is 0 Å². The van der Waals surface area contributed by atoms with E-state index in [9.17, 15) is 10.2 Å². The summed E-state index contributed by atoms with van der Waals surface area (Å²) in [6, 6.07) is 12.6. The van der Waals surface area contributed by atoms with E-state index < -0.39 is 0 Å². The Morgan fingerprint density at radius 1 is 0.944 bits per heavy atom. The number of phenolic OH excluding ortho intramolecular Hbond substituents is 2. The lowest BCUT2D eigenvalue weighted by Gasteiger charge is -2.04. The number of nitrogens with zero attached hydrogens (tertiary/aromatic N) is 1. The molecule has 92 valence electrons. The highest BCUT2D eigenvalue weighted by atomic mass is 16.3. The minimum absolute atomic E-state index is 0.123. The van der Waals surface area contributed by atoms with Crippen LogP contribution in [0.15, 0.2) is 47.5 Å². The molecule has 0 heterocycles. The van der Waals surface area contributed by atoms with Crippen LogP contribution in [0.4, 0.5) is 5.69 Å². The fourth-order valence-corrected chi connectivity index (χ4v) is 1.63. The Morgan fingerprint density at radius 2 is 1.61 bits per heavy atom. The third-order valence-corrected chi connectivity index (χ3v) is 2.72. The summed E-state index contributed by atoms with van der Waals surface area (Å²) in [4.78, 5) is 4.47. The Bertz CT molecular complexity index is 586. The monoisotopic (exact) mass is 241 g/mol.